The lowest BCUT2D eigenvalue weighted by Gasteiger charge is -2.35. The SMILES string of the molecule is Cn1c(C2CC2)nn(CN2CCc3sccc3[C@@H]2c2cccs2)c1=S. The molecule has 4 heterocycles. The first kappa shape index (κ1) is 15.9. The van der Waals surface area contributed by atoms with Gasteiger partial charge < -0.3 is 4.57 Å². The molecule has 0 unspecified atom stereocenters. The highest BCUT2D eigenvalue weighted by molar-refractivity contribution is 7.71. The average molecular weight is 389 g/mol. The highest BCUT2D eigenvalue weighted by Gasteiger charge is 2.32. The van der Waals surface area contributed by atoms with Gasteiger partial charge in [-0.25, -0.2) is 4.68 Å². The summed E-state index contributed by atoms with van der Waals surface area (Å²) < 4.78 is 4.97. The van der Waals surface area contributed by atoms with Crippen LogP contribution < -0.4 is 0 Å². The Morgan fingerprint density at radius 2 is 2.12 bits per heavy atom. The second-order valence-corrected chi connectivity index (χ2v) is 9.24. The van der Waals surface area contributed by atoms with Gasteiger partial charge in [0.05, 0.1) is 12.7 Å². The van der Waals surface area contributed by atoms with Crippen molar-refractivity contribution in [3.63, 3.8) is 0 Å². The van der Waals surface area contributed by atoms with Crippen LogP contribution in [0.1, 0.15) is 45.9 Å². The van der Waals surface area contributed by atoms with Crippen molar-refractivity contribution in [2.24, 2.45) is 7.05 Å². The Kier molecular flexibility index (Phi) is 3.93. The molecule has 0 aromatic carbocycles. The van der Waals surface area contributed by atoms with Gasteiger partial charge in [-0.05, 0) is 59.9 Å². The van der Waals surface area contributed by atoms with Crippen LogP contribution in [0.15, 0.2) is 29.0 Å². The lowest BCUT2D eigenvalue weighted by Crippen LogP contribution is -2.36. The standard InChI is InChI=1S/C18H20N4S3/c1-20-17(12-4-5-12)19-22(18(20)23)11-21-8-6-14-13(7-10-25-14)16(21)15-3-2-9-24-15/h2-3,7,9-10,12,16H,4-6,8,11H2,1H3/t16-/m1/s1. The molecule has 0 saturated heterocycles. The smallest absolute Gasteiger partial charge is 0.198 e. The van der Waals surface area contributed by atoms with Crippen molar-refractivity contribution in [2.75, 3.05) is 6.54 Å². The van der Waals surface area contributed by atoms with Gasteiger partial charge >= 0.3 is 0 Å². The molecule has 1 fully saturated rings. The Bertz CT molecular complexity index is 946. The molecule has 25 heavy (non-hydrogen) atoms. The highest BCUT2D eigenvalue weighted by Crippen LogP contribution is 2.41. The van der Waals surface area contributed by atoms with Crippen LogP contribution in [0.3, 0.4) is 0 Å². The summed E-state index contributed by atoms with van der Waals surface area (Å²) >= 11 is 9.40. The predicted octanol–water partition coefficient (Wildman–Crippen LogP) is 4.56. The molecular formula is C18H20N4S3. The minimum atomic E-state index is 0.322. The van der Waals surface area contributed by atoms with Crippen molar-refractivity contribution in [3.8, 4) is 0 Å². The van der Waals surface area contributed by atoms with Crippen LogP contribution in [0.4, 0.5) is 0 Å². The molecule has 7 heteroatoms. The van der Waals surface area contributed by atoms with Gasteiger partial charge in [0.2, 0.25) is 0 Å². The van der Waals surface area contributed by atoms with Gasteiger partial charge in [-0.3, -0.25) is 4.90 Å². The summed E-state index contributed by atoms with van der Waals surface area (Å²) in [4.78, 5) is 5.46. The zero-order chi connectivity index (χ0) is 17.0. The van der Waals surface area contributed by atoms with Gasteiger partial charge in [0.1, 0.15) is 5.82 Å². The maximum absolute atomic E-state index is 5.67. The van der Waals surface area contributed by atoms with E-state index in [1.165, 1.54) is 28.2 Å². The molecule has 0 bridgehead atoms. The van der Waals surface area contributed by atoms with Crippen LogP contribution in [-0.4, -0.2) is 25.8 Å². The van der Waals surface area contributed by atoms with Crippen molar-refractivity contribution in [2.45, 2.75) is 37.9 Å². The van der Waals surface area contributed by atoms with E-state index in [9.17, 15) is 0 Å². The van der Waals surface area contributed by atoms with E-state index >= 15 is 0 Å². The van der Waals surface area contributed by atoms with E-state index in [0.717, 1.165) is 30.2 Å². The molecule has 3 aromatic heterocycles. The molecule has 1 aliphatic carbocycles. The lowest BCUT2D eigenvalue weighted by molar-refractivity contribution is 0.158. The summed E-state index contributed by atoms with van der Waals surface area (Å²) in [6.45, 7) is 1.81. The average Bonchev–Trinajstić information content (AvgIpc) is 3.02. The third kappa shape index (κ3) is 2.73. The Hall–Kier alpha value is -1.28. The van der Waals surface area contributed by atoms with Gasteiger partial charge in [-0.2, -0.15) is 5.10 Å². The van der Waals surface area contributed by atoms with Crippen molar-refractivity contribution in [3.05, 3.63) is 54.9 Å². The number of aromatic nitrogens is 3. The topological polar surface area (TPSA) is 26.0 Å². The molecule has 130 valence electrons. The van der Waals surface area contributed by atoms with E-state index in [-0.39, 0.29) is 0 Å². The molecule has 2 aliphatic rings. The van der Waals surface area contributed by atoms with Crippen molar-refractivity contribution < 1.29 is 0 Å². The summed E-state index contributed by atoms with van der Waals surface area (Å²) in [5.41, 5.74) is 1.46. The van der Waals surface area contributed by atoms with Gasteiger partial charge in [0.25, 0.3) is 0 Å². The molecule has 0 N–H and O–H groups in total. The third-order valence-corrected chi connectivity index (χ3v) is 7.62. The van der Waals surface area contributed by atoms with E-state index in [1.807, 2.05) is 27.4 Å². The van der Waals surface area contributed by atoms with Gasteiger partial charge in [0, 0.05) is 29.3 Å². The first-order valence-electron chi connectivity index (χ1n) is 8.70. The summed E-state index contributed by atoms with van der Waals surface area (Å²) in [5.74, 6) is 1.77. The predicted molar refractivity (Wildman–Crippen MR) is 105 cm³/mol. The van der Waals surface area contributed by atoms with E-state index < -0.39 is 0 Å². The Labute approximate surface area is 160 Å². The van der Waals surface area contributed by atoms with Crippen LogP contribution >= 0.6 is 34.9 Å². The Balaban J connectivity index is 1.51. The van der Waals surface area contributed by atoms with Gasteiger partial charge in [0.15, 0.2) is 4.77 Å². The molecule has 3 aromatic rings. The summed E-state index contributed by atoms with van der Waals surface area (Å²) in [7, 11) is 2.06. The van der Waals surface area contributed by atoms with E-state index in [2.05, 4.69) is 45.5 Å². The van der Waals surface area contributed by atoms with Gasteiger partial charge in [-0.1, -0.05) is 6.07 Å². The first-order chi connectivity index (χ1) is 12.2. The summed E-state index contributed by atoms with van der Waals surface area (Å²) in [6.07, 6.45) is 3.61. The molecule has 1 aliphatic heterocycles. The zero-order valence-electron chi connectivity index (χ0n) is 14.1. The molecular weight excluding hydrogens is 368 g/mol. The Morgan fingerprint density at radius 1 is 1.24 bits per heavy atom. The monoisotopic (exact) mass is 388 g/mol. The molecule has 0 spiro atoms. The van der Waals surface area contributed by atoms with Crippen LogP contribution in [0.2, 0.25) is 0 Å². The normalized spacial score (nSPS) is 20.8. The number of thiophene rings is 2. The van der Waals surface area contributed by atoms with Crippen molar-refractivity contribution in [1.82, 2.24) is 19.2 Å². The molecule has 4 nitrogen and oxygen atoms in total. The van der Waals surface area contributed by atoms with E-state index in [1.54, 1.807) is 0 Å². The van der Waals surface area contributed by atoms with Crippen molar-refractivity contribution >= 4 is 34.9 Å². The number of hydrogen-bond donors (Lipinski definition) is 0. The van der Waals surface area contributed by atoms with Crippen molar-refractivity contribution in [1.29, 1.82) is 0 Å². The molecule has 5 rings (SSSR count). The molecule has 1 saturated carbocycles. The Morgan fingerprint density at radius 3 is 2.88 bits per heavy atom. The highest BCUT2D eigenvalue weighted by atomic mass is 32.1. The van der Waals surface area contributed by atoms with Gasteiger partial charge in [-0.15, -0.1) is 22.7 Å². The van der Waals surface area contributed by atoms with Crippen LogP contribution in [0, 0.1) is 4.77 Å². The summed E-state index contributed by atoms with van der Waals surface area (Å²) in [6, 6.07) is 7.02. The number of nitrogens with zero attached hydrogens (tertiary/aromatic N) is 4. The fourth-order valence-corrected chi connectivity index (χ4v) is 5.74. The largest absolute Gasteiger partial charge is 0.307 e. The first-order valence-corrected chi connectivity index (χ1v) is 10.9. The zero-order valence-corrected chi connectivity index (χ0v) is 16.5. The minimum Gasteiger partial charge on any atom is -0.307 e. The lowest BCUT2D eigenvalue weighted by atomic mass is 9.99. The fourth-order valence-electron chi connectivity index (χ4n) is 3.77. The second kappa shape index (κ2) is 6.16. The third-order valence-electron chi connectivity index (χ3n) is 5.21. The quantitative estimate of drug-likeness (QED) is 0.613. The number of rotatable bonds is 4. The number of fused-ring (bicyclic) bond motifs is 1. The maximum atomic E-state index is 5.67. The molecule has 1 atom stereocenters. The van der Waals surface area contributed by atoms with Crippen LogP contribution in [0.25, 0.3) is 0 Å². The fraction of sp³-hybridized carbons (Fsp3) is 0.444. The molecule has 0 radical (unpaired) electrons. The minimum absolute atomic E-state index is 0.322. The van der Waals surface area contributed by atoms with Crippen LogP contribution in [-0.2, 0) is 20.1 Å². The van der Waals surface area contributed by atoms with E-state index in [4.69, 9.17) is 17.3 Å². The second-order valence-electron chi connectivity index (χ2n) is 6.89. The number of hydrogen-bond acceptors (Lipinski definition) is 5. The van der Waals surface area contributed by atoms with E-state index in [0.29, 0.717) is 12.0 Å². The molecule has 0 amide bonds. The summed E-state index contributed by atoms with van der Waals surface area (Å²) in [5, 5.41) is 9.27. The van der Waals surface area contributed by atoms with Crippen LogP contribution in [0.5, 0.6) is 0 Å². The maximum Gasteiger partial charge on any atom is 0.198 e.